The van der Waals surface area contributed by atoms with E-state index >= 15 is 0 Å². The minimum Gasteiger partial charge on any atom is -0.465 e. The van der Waals surface area contributed by atoms with Gasteiger partial charge in [0.15, 0.2) is 5.54 Å². The zero-order chi connectivity index (χ0) is 13.2. The van der Waals surface area contributed by atoms with Gasteiger partial charge in [-0.3, -0.25) is 20.1 Å². The predicted molar refractivity (Wildman–Crippen MR) is 56.4 cm³/mol. The summed E-state index contributed by atoms with van der Waals surface area (Å²) in [7, 11) is 0. The maximum absolute atomic E-state index is 11.8. The van der Waals surface area contributed by atoms with Crippen molar-refractivity contribution >= 4 is 18.0 Å². The molecule has 94 valence electrons. The summed E-state index contributed by atoms with van der Waals surface area (Å²) >= 11 is 0. The van der Waals surface area contributed by atoms with E-state index in [9.17, 15) is 14.4 Å². The fourth-order valence-electron chi connectivity index (χ4n) is 1.61. The van der Waals surface area contributed by atoms with Crippen LogP contribution in [0.4, 0.5) is 9.59 Å². The molecule has 9 nitrogen and oxygen atoms in total. The molecule has 1 aliphatic rings. The first-order valence-electron chi connectivity index (χ1n) is 4.91. The summed E-state index contributed by atoms with van der Waals surface area (Å²) in [5, 5.41) is 15.0. The third-order valence-electron chi connectivity index (χ3n) is 2.45. The van der Waals surface area contributed by atoms with Crippen molar-refractivity contribution in [3.63, 3.8) is 0 Å². The molecule has 1 atom stereocenters. The van der Waals surface area contributed by atoms with E-state index < -0.39 is 23.6 Å². The molecule has 1 fully saturated rings. The molecular weight excluding hydrogens is 242 g/mol. The van der Waals surface area contributed by atoms with E-state index in [-0.39, 0.29) is 12.2 Å². The lowest BCUT2D eigenvalue weighted by Crippen LogP contribution is -2.52. The topological polar surface area (TPSA) is 133 Å². The van der Waals surface area contributed by atoms with Crippen molar-refractivity contribution in [3.8, 4) is 0 Å². The smallest absolute Gasteiger partial charge is 0.404 e. The van der Waals surface area contributed by atoms with Crippen LogP contribution in [0.3, 0.4) is 0 Å². The second-order valence-electron chi connectivity index (χ2n) is 3.56. The van der Waals surface area contributed by atoms with E-state index in [2.05, 4.69) is 20.6 Å². The van der Waals surface area contributed by atoms with Gasteiger partial charge in [0.25, 0.3) is 5.91 Å². The fraction of sp³-hybridized carbons (Fsp3) is 0.222. The normalized spacial score (nSPS) is 22.2. The molecule has 0 aliphatic carbocycles. The highest BCUT2D eigenvalue weighted by Crippen LogP contribution is 2.21. The van der Waals surface area contributed by atoms with Crippen molar-refractivity contribution in [2.45, 2.75) is 5.54 Å². The van der Waals surface area contributed by atoms with Gasteiger partial charge in [0.1, 0.15) is 0 Å². The molecule has 0 saturated carbocycles. The number of rotatable bonds is 3. The van der Waals surface area contributed by atoms with Crippen molar-refractivity contribution < 1.29 is 19.5 Å². The van der Waals surface area contributed by atoms with Crippen LogP contribution in [0.15, 0.2) is 18.6 Å². The Hall–Kier alpha value is -2.71. The zero-order valence-corrected chi connectivity index (χ0v) is 9.01. The van der Waals surface area contributed by atoms with Gasteiger partial charge in [-0.15, -0.1) is 0 Å². The Kier molecular flexibility index (Phi) is 2.80. The maximum Gasteiger partial charge on any atom is 0.404 e. The summed E-state index contributed by atoms with van der Waals surface area (Å²) in [6.45, 7) is -0.335. The van der Waals surface area contributed by atoms with Crippen molar-refractivity contribution in [1.82, 2.24) is 25.9 Å². The second kappa shape index (κ2) is 4.28. The van der Waals surface area contributed by atoms with Crippen LogP contribution in [0.25, 0.3) is 0 Å². The zero-order valence-electron chi connectivity index (χ0n) is 9.01. The Morgan fingerprint density at radius 2 is 2.22 bits per heavy atom. The largest absolute Gasteiger partial charge is 0.465 e. The summed E-state index contributed by atoms with van der Waals surface area (Å²) in [5.74, 6) is -0.679. The lowest BCUT2D eigenvalue weighted by Gasteiger charge is -2.24. The average molecular weight is 251 g/mol. The second-order valence-corrected chi connectivity index (χ2v) is 3.56. The van der Waals surface area contributed by atoms with Crippen LogP contribution >= 0.6 is 0 Å². The highest BCUT2D eigenvalue weighted by Gasteiger charge is 2.49. The molecule has 0 radical (unpaired) electrons. The molecule has 1 aromatic rings. The number of aromatic nitrogens is 2. The van der Waals surface area contributed by atoms with Crippen molar-refractivity contribution in [2.75, 3.05) is 6.54 Å². The summed E-state index contributed by atoms with van der Waals surface area (Å²) in [5.41, 5.74) is -1.41. The van der Waals surface area contributed by atoms with E-state index in [1.54, 1.807) is 0 Å². The van der Waals surface area contributed by atoms with Gasteiger partial charge in [-0.2, -0.15) is 0 Å². The highest BCUT2D eigenvalue weighted by molar-refractivity contribution is 6.07. The number of imide groups is 1. The van der Waals surface area contributed by atoms with Crippen LogP contribution in [-0.2, 0) is 10.3 Å². The van der Waals surface area contributed by atoms with Gasteiger partial charge < -0.3 is 15.7 Å². The number of nitrogens with zero attached hydrogens (tertiary/aromatic N) is 2. The summed E-state index contributed by atoms with van der Waals surface area (Å²) < 4.78 is 0. The number of hydrogen-bond donors (Lipinski definition) is 4. The lowest BCUT2D eigenvalue weighted by atomic mass is 9.95. The van der Waals surface area contributed by atoms with Gasteiger partial charge in [-0.1, -0.05) is 0 Å². The van der Waals surface area contributed by atoms with Gasteiger partial charge in [-0.05, 0) is 0 Å². The van der Waals surface area contributed by atoms with Crippen LogP contribution in [0.1, 0.15) is 5.69 Å². The van der Waals surface area contributed by atoms with Gasteiger partial charge in [0.2, 0.25) is 0 Å². The number of urea groups is 1. The van der Waals surface area contributed by atoms with Crippen molar-refractivity contribution in [2.24, 2.45) is 0 Å². The molecule has 4 N–H and O–H groups in total. The molecule has 4 amide bonds. The highest BCUT2D eigenvalue weighted by atomic mass is 16.4. The molecule has 2 rings (SSSR count). The standard InChI is InChI=1S/C9H9N5O4/c15-6-9(4-12-8(17)18,14-7(16)13-6)5-3-10-1-2-11-5/h1-3,12H,4H2,(H,17,18)(H2,13,14,15,16). The number of amides is 4. The van der Waals surface area contributed by atoms with E-state index in [4.69, 9.17) is 5.11 Å². The number of carbonyl (C=O) groups is 3. The fourth-order valence-corrected chi connectivity index (χ4v) is 1.61. The molecule has 0 bridgehead atoms. The Bertz CT molecular complexity index is 505. The summed E-state index contributed by atoms with van der Waals surface area (Å²) in [6.07, 6.45) is 2.72. The molecule has 9 heteroatoms. The number of carbonyl (C=O) groups excluding carboxylic acids is 2. The summed E-state index contributed by atoms with van der Waals surface area (Å²) in [6, 6.07) is -0.710. The first kappa shape index (κ1) is 11.8. The van der Waals surface area contributed by atoms with E-state index in [1.807, 2.05) is 5.32 Å². The lowest BCUT2D eigenvalue weighted by molar-refractivity contribution is -0.124. The molecule has 2 heterocycles. The van der Waals surface area contributed by atoms with E-state index in [0.717, 1.165) is 0 Å². The van der Waals surface area contributed by atoms with Crippen LogP contribution in [0.2, 0.25) is 0 Å². The first-order valence-corrected chi connectivity index (χ1v) is 4.91. The summed E-state index contributed by atoms with van der Waals surface area (Å²) in [4.78, 5) is 41.3. The first-order chi connectivity index (χ1) is 8.54. The van der Waals surface area contributed by atoms with Crippen molar-refractivity contribution in [1.29, 1.82) is 0 Å². The van der Waals surface area contributed by atoms with Crippen LogP contribution < -0.4 is 16.0 Å². The Balaban J connectivity index is 2.37. The Morgan fingerprint density at radius 1 is 1.44 bits per heavy atom. The third kappa shape index (κ3) is 1.93. The molecule has 1 aliphatic heterocycles. The quantitative estimate of drug-likeness (QED) is 0.497. The number of hydrogen-bond acceptors (Lipinski definition) is 5. The van der Waals surface area contributed by atoms with E-state index in [1.165, 1.54) is 18.6 Å². The van der Waals surface area contributed by atoms with Gasteiger partial charge in [0.05, 0.1) is 18.4 Å². The molecular formula is C9H9N5O4. The third-order valence-corrected chi connectivity index (χ3v) is 2.45. The maximum atomic E-state index is 11.8. The molecule has 1 aromatic heterocycles. The van der Waals surface area contributed by atoms with Crippen LogP contribution in [0, 0.1) is 0 Å². The van der Waals surface area contributed by atoms with Gasteiger partial charge >= 0.3 is 12.1 Å². The Labute approximate surface area is 101 Å². The Morgan fingerprint density at radius 3 is 2.72 bits per heavy atom. The monoisotopic (exact) mass is 251 g/mol. The molecule has 1 unspecified atom stereocenters. The van der Waals surface area contributed by atoms with E-state index in [0.29, 0.717) is 0 Å². The predicted octanol–water partition coefficient (Wildman–Crippen LogP) is -1.22. The minimum absolute atomic E-state index is 0.155. The molecule has 0 spiro atoms. The van der Waals surface area contributed by atoms with Gasteiger partial charge in [-0.25, -0.2) is 9.59 Å². The number of nitrogens with one attached hydrogen (secondary N) is 3. The minimum atomic E-state index is -1.57. The molecule has 1 saturated heterocycles. The van der Waals surface area contributed by atoms with Crippen LogP contribution in [0.5, 0.6) is 0 Å². The number of carboxylic acid groups (broad SMARTS) is 1. The van der Waals surface area contributed by atoms with Crippen molar-refractivity contribution in [3.05, 3.63) is 24.3 Å². The molecule has 18 heavy (non-hydrogen) atoms. The van der Waals surface area contributed by atoms with Gasteiger partial charge in [0, 0.05) is 12.4 Å². The van der Waals surface area contributed by atoms with Crippen LogP contribution in [-0.4, -0.2) is 39.7 Å². The average Bonchev–Trinajstić information content (AvgIpc) is 2.64. The molecule has 0 aromatic carbocycles. The SMILES string of the molecule is O=C(O)NCC1(c2cnccn2)NC(=O)NC1=O.